The molecule has 0 unspecified atom stereocenters. The average molecular weight is 451 g/mol. The van der Waals surface area contributed by atoms with Crippen LogP contribution in [0.15, 0.2) is 54.6 Å². The standard InChI is InChI=1S/C18H13Br2NO3/c1-9-4-3-5-10(2)15(9)21-17(22)13-7-11-6-12(19)8-14(20)16(11)24-18(13)23/h3-8H,1-2H3,(H,21,22). The Kier molecular flexibility index (Phi) is 4.60. The third-order valence-corrected chi connectivity index (χ3v) is 4.76. The molecule has 122 valence electrons. The first-order valence-electron chi connectivity index (χ1n) is 7.17. The third-order valence-electron chi connectivity index (χ3n) is 3.72. The number of aryl methyl sites for hydroxylation is 2. The predicted molar refractivity (Wildman–Crippen MR) is 102 cm³/mol. The number of carbonyl (C=O) groups excluding carboxylic acids is 1. The molecule has 0 spiro atoms. The molecule has 0 saturated carbocycles. The van der Waals surface area contributed by atoms with E-state index in [0.29, 0.717) is 21.1 Å². The molecule has 1 heterocycles. The minimum atomic E-state index is -0.672. The van der Waals surface area contributed by atoms with Crippen LogP contribution in [0.3, 0.4) is 0 Å². The quantitative estimate of drug-likeness (QED) is 0.546. The van der Waals surface area contributed by atoms with E-state index in [1.165, 1.54) is 0 Å². The summed E-state index contributed by atoms with van der Waals surface area (Å²) in [4.78, 5) is 24.8. The highest BCUT2D eigenvalue weighted by Gasteiger charge is 2.17. The maximum absolute atomic E-state index is 12.6. The van der Waals surface area contributed by atoms with Gasteiger partial charge in [-0.15, -0.1) is 0 Å². The van der Waals surface area contributed by atoms with Gasteiger partial charge in [0.2, 0.25) is 0 Å². The molecule has 3 rings (SSSR count). The van der Waals surface area contributed by atoms with Gasteiger partial charge in [0.05, 0.1) is 4.47 Å². The highest BCUT2D eigenvalue weighted by Crippen LogP contribution is 2.28. The normalized spacial score (nSPS) is 10.8. The van der Waals surface area contributed by atoms with Crippen LogP contribution in [0.25, 0.3) is 11.0 Å². The number of hydrogen-bond donors (Lipinski definition) is 1. The SMILES string of the molecule is Cc1cccc(C)c1NC(=O)c1cc2cc(Br)cc(Br)c2oc1=O. The van der Waals surface area contributed by atoms with Crippen molar-refractivity contribution in [1.82, 2.24) is 0 Å². The van der Waals surface area contributed by atoms with Crippen molar-refractivity contribution in [3.05, 3.63) is 72.5 Å². The molecule has 0 saturated heterocycles. The van der Waals surface area contributed by atoms with E-state index in [4.69, 9.17) is 4.42 Å². The number of hydrogen-bond acceptors (Lipinski definition) is 3. The number of amides is 1. The fourth-order valence-corrected chi connectivity index (χ4v) is 3.85. The Morgan fingerprint density at radius 2 is 1.75 bits per heavy atom. The number of benzene rings is 2. The molecule has 3 aromatic rings. The Bertz CT molecular complexity index is 1000. The summed E-state index contributed by atoms with van der Waals surface area (Å²) in [6.45, 7) is 3.80. The minimum Gasteiger partial charge on any atom is -0.421 e. The van der Waals surface area contributed by atoms with Gasteiger partial charge < -0.3 is 9.73 Å². The number of fused-ring (bicyclic) bond motifs is 1. The van der Waals surface area contributed by atoms with Gasteiger partial charge in [-0.25, -0.2) is 4.79 Å². The second-order valence-electron chi connectivity index (χ2n) is 5.47. The molecule has 0 aliphatic rings. The van der Waals surface area contributed by atoms with Gasteiger partial charge in [-0.1, -0.05) is 34.1 Å². The summed E-state index contributed by atoms with van der Waals surface area (Å²) in [6, 6.07) is 10.8. The van der Waals surface area contributed by atoms with Crippen LogP contribution < -0.4 is 10.9 Å². The van der Waals surface area contributed by atoms with Crippen LogP contribution in [0.5, 0.6) is 0 Å². The van der Waals surface area contributed by atoms with Crippen LogP contribution in [0.1, 0.15) is 21.5 Å². The first kappa shape index (κ1) is 16.9. The zero-order valence-corrected chi connectivity index (χ0v) is 16.1. The van der Waals surface area contributed by atoms with Gasteiger partial charge in [0.15, 0.2) is 5.58 Å². The molecule has 1 N–H and O–H groups in total. The molecule has 0 aliphatic carbocycles. The Hall–Kier alpha value is -1.92. The van der Waals surface area contributed by atoms with Crippen molar-refractivity contribution in [2.75, 3.05) is 5.32 Å². The Morgan fingerprint density at radius 3 is 2.42 bits per heavy atom. The lowest BCUT2D eigenvalue weighted by atomic mass is 10.1. The third kappa shape index (κ3) is 3.16. The average Bonchev–Trinajstić information content (AvgIpc) is 2.51. The Balaban J connectivity index is 2.07. The maximum Gasteiger partial charge on any atom is 0.349 e. The van der Waals surface area contributed by atoms with E-state index in [0.717, 1.165) is 15.6 Å². The van der Waals surface area contributed by atoms with Crippen molar-refractivity contribution in [1.29, 1.82) is 0 Å². The smallest absolute Gasteiger partial charge is 0.349 e. The zero-order valence-electron chi connectivity index (χ0n) is 12.9. The fraction of sp³-hybridized carbons (Fsp3) is 0.111. The molecular formula is C18H13Br2NO3. The maximum atomic E-state index is 12.6. The second-order valence-corrected chi connectivity index (χ2v) is 7.24. The van der Waals surface area contributed by atoms with Crippen LogP contribution in [0, 0.1) is 13.8 Å². The lowest BCUT2D eigenvalue weighted by molar-refractivity contribution is 0.102. The van der Waals surface area contributed by atoms with E-state index in [2.05, 4.69) is 37.2 Å². The lowest BCUT2D eigenvalue weighted by Crippen LogP contribution is -2.21. The predicted octanol–water partition coefficient (Wildman–Crippen LogP) is 5.19. The fourth-order valence-electron chi connectivity index (χ4n) is 2.51. The van der Waals surface area contributed by atoms with Crippen molar-refractivity contribution in [2.24, 2.45) is 0 Å². The van der Waals surface area contributed by atoms with Crippen LogP contribution >= 0.6 is 31.9 Å². The van der Waals surface area contributed by atoms with Crippen LogP contribution in [-0.4, -0.2) is 5.91 Å². The van der Waals surface area contributed by atoms with Crippen molar-refractivity contribution in [3.63, 3.8) is 0 Å². The highest BCUT2D eigenvalue weighted by molar-refractivity contribution is 9.11. The lowest BCUT2D eigenvalue weighted by Gasteiger charge is -2.11. The molecule has 24 heavy (non-hydrogen) atoms. The van der Waals surface area contributed by atoms with Gasteiger partial charge in [-0.3, -0.25) is 4.79 Å². The zero-order chi connectivity index (χ0) is 17.4. The van der Waals surface area contributed by atoms with Gasteiger partial charge in [-0.2, -0.15) is 0 Å². The van der Waals surface area contributed by atoms with Crippen LogP contribution in [-0.2, 0) is 0 Å². The summed E-state index contributed by atoms with van der Waals surface area (Å²) in [5.41, 5.74) is 2.27. The molecule has 2 aromatic carbocycles. The first-order valence-corrected chi connectivity index (χ1v) is 8.76. The molecule has 6 heteroatoms. The van der Waals surface area contributed by atoms with Crippen LogP contribution in [0.2, 0.25) is 0 Å². The number of carbonyl (C=O) groups is 1. The minimum absolute atomic E-state index is 0.0323. The summed E-state index contributed by atoms with van der Waals surface area (Å²) in [5.74, 6) is -0.487. The monoisotopic (exact) mass is 449 g/mol. The van der Waals surface area contributed by atoms with E-state index < -0.39 is 11.5 Å². The summed E-state index contributed by atoms with van der Waals surface area (Å²) in [7, 11) is 0. The molecule has 0 fully saturated rings. The van der Waals surface area contributed by atoms with Gasteiger partial charge in [0.1, 0.15) is 5.56 Å². The van der Waals surface area contributed by atoms with E-state index in [1.54, 1.807) is 18.2 Å². The molecule has 4 nitrogen and oxygen atoms in total. The second kappa shape index (κ2) is 6.53. The van der Waals surface area contributed by atoms with Gasteiger partial charge in [0, 0.05) is 15.5 Å². The summed E-state index contributed by atoms with van der Waals surface area (Å²) in [5, 5.41) is 3.46. The number of anilines is 1. The number of para-hydroxylation sites is 1. The van der Waals surface area contributed by atoms with Crippen molar-refractivity contribution >= 4 is 54.4 Å². The van der Waals surface area contributed by atoms with Gasteiger partial charge >= 0.3 is 5.63 Å². The number of halogens is 2. The van der Waals surface area contributed by atoms with Gasteiger partial charge in [0.25, 0.3) is 5.91 Å². The van der Waals surface area contributed by atoms with Crippen molar-refractivity contribution in [2.45, 2.75) is 13.8 Å². The largest absolute Gasteiger partial charge is 0.421 e. The van der Waals surface area contributed by atoms with E-state index in [1.807, 2.05) is 32.0 Å². The Labute approximate surface area is 155 Å². The summed E-state index contributed by atoms with van der Waals surface area (Å²) < 4.78 is 6.77. The highest BCUT2D eigenvalue weighted by atomic mass is 79.9. The molecule has 0 aliphatic heterocycles. The number of rotatable bonds is 2. The van der Waals surface area contributed by atoms with E-state index in [-0.39, 0.29) is 5.56 Å². The molecule has 1 amide bonds. The molecule has 1 aromatic heterocycles. The first-order chi connectivity index (χ1) is 11.4. The van der Waals surface area contributed by atoms with E-state index >= 15 is 0 Å². The topological polar surface area (TPSA) is 59.3 Å². The summed E-state index contributed by atoms with van der Waals surface area (Å²) >= 11 is 6.74. The number of nitrogens with one attached hydrogen (secondary N) is 1. The van der Waals surface area contributed by atoms with Crippen molar-refractivity contribution in [3.8, 4) is 0 Å². The van der Waals surface area contributed by atoms with E-state index in [9.17, 15) is 9.59 Å². The summed E-state index contributed by atoms with van der Waals surface area (Å²) in [6.07, 6.45) is 0. The molecular weight excluding hydrogens is 438 g/mol. The van der Waals surface area contributed by atoms with Crippen LogP contribution in [0.4, 0.5) is 5.69 Å². The molecule has 0 atom stereocenters. The Morgan fingerprint density at radius 1 is 1.08 bits per heavy atom. The van der Waals surface area contributed by atoms with Crippen molar-refractivity contribution < 1.29 is 9.21 Å². The van der Waals surface area contributed by atoms with Gasteiger partial charge in [-0.05, 0) is 59.1 Å². The molecule has 0 bridgehead atoms. The molecule has 0 radical (unpaired) electrons.